The number of carbonyl (C=O) groups excluding carboxylic acids is 2. The number of piperazine rings is 1. The first-order valence-electron chi connectivity index (χ1n) is 7.68. The van der Waals surface area contributed by atoms with Crippen molar-refractivity contribution in [2.24, 2.45) is 5.41 Å². The molecule has 1 aliphatic heterocycles. The second kappa shape index (κ2) is 5.84. The first-order chi connectivity index (χ1) is 10.7. The summed E-state index contributed by atoms with van der Waals surface area (Å²) in [5.41, 5.74) is -0.291. The fourth-order valence-electron chi connectivity index (χ4n) is 3.34. The molecule has 2 aliphatic rings. The van der Waals surface area contributed by atoms with Gasteiger partial charge in [0.05, 0.1) is 17.9 Å². The lowest BCUT2D eigenvalue weighted by molar-refractivity contribution is -0.140. The van der Waals surface area contributed by atoms with Gasteiger partial charge in [0.15, 0.2) is 0 Å². The Morgan fingerprint density at radius 2 is 1.77 bits per heavy atom. The molecule has 0 unspecified atom stereocenters. The topological polar surface area (TPSA) is 77.5 Å². The van der Waals surface area contributed by atoms with Gasteiger partial charge in [0.1, 0.15) is 11.7 Å². The van der Waals surface area contributed by atoms with E-state index in [0.29, 0.717) is 44.6 Å². The van der Waals surface area contributed by atoms with Crippen molar-refractivity contribution >= 4 is 11.8 Å². The molecule has 116 valence electrons. The van der Waals surface area contributed by atoms with E-state index < -0.39 is 5.41 Å². The number of carbonyl (C=O) groups is 2. The fraction of sp³-hybridized carbons (Fsp3) is 0.562. The van der Waals surface area contributed by atoms with E-state index in [1.54, 1.807) is 15.9 Å². The Labute approximate surface area is 129 Å². The van der Waals surface area contributed by atoms with E-state index in [1.165, 1.54) is 12.5 Å². The molecule has 2 amide bonds. The van der Waals surface area contributed by atoms with Crippen LogP contribution >= 0.6 is 0 Å². The number of rotatable bonds is 2. The van der Waals surface area contributed by atoms with Gasteiger partial charge < -0.3 is 14.2 Å². The van der Waals surface area contributed by atoms with Crippen LogP contribution in [0.3, 0.4) is 0 Å². The molecule has 1 aliphatic carbocycles. The molecular weight excluding hydrogens is 282 g/mol. The van der Waals surface area contributed by atoms with Crippen LogP contribution in [0.5, 0.6) is 0 Å². The van der Waals surface area contributed by atoms with Crippen LogP contribution in [0.25, 0.3) is 0 Å². The third kappa shape index (κ3) is 2.47. The maximum atomic E-state index is 12.6. The van der Waals surface area contributed by atoms with Crippen LogP contribution < -0.4 is 0 Å². The predicted molar refractivity (Wildman–Crippen MR) is 77.7 cm³/mol. The van der Waals surface area contributed by atoms with Crippen LogP contribution in [-0.4, -0.2) is 47.8 Å². The molecule has 1 aromatic heterocycles. The molecule has 0 spiro atoms. The summed E-state index contributed by atoms with van der Waals surface area (Å²) in [6.45, 7) is 1.98. The molecule has 0 radical (unpaired) electrons. The maximum absolute atomic E-state index is 12.6. The van der Waals surface area contributed by atoms with Gasteiger partial charge in [0.25, 0.3) is 5.91 Å². The second-order valence-corrected chi connectivity index (χ2v) is 6.00. The third-order valence-electron chi connectivity index (χ3n) is 4.70. The average molecular weight is 301 g/mol. The molecular formula is C16H19N3O3. The fourth-order valence-corrected chi connectivity index (χ4v) is 3.34. The van der Waals surface area contributed by atoms with Crippen molar-refractivity contribution in [3.05, 3.63) is 24.2 Å². The Hall–Kier alpha value is -2.29. The molecule has 3 rings (SSSR count). The molecule has 1 saturated carbocycles. The largest absolute Gasteiger partial charge is 0.472 e. The van der Waals surface area contributed by atoms with E-state index in [2.05, 4.69) is 6.07 Å². The average Bonchev–Trinajstić information content (AvgIpc) is 3.25. The van der Waals surface area contributed by atoms with E-state index in [1.807, 2.05) is 0 Å². The number of hydrogen-bond donors (Lipinski definition) is 0. The first kappa shape index (κ1) is 14.6. The Morgan fingerprint density at radius 3 is 2.32 bits per heavy atom. The minimum Gasteiger partial charge on any atom is -0.472 e. The van der Waals surface area contributed by atoms with Crippen molar-refractivity contribution in [3.8, 4) is 6.07 Å². The zero-order chi connectivity index (χ0) is 15.6. The lowest BCUT2D eigenvalue weighted by Crippen LogP contribution is -2.53. The van der Waals surface area contributed by atoms with Crippen LogP contribution in [0.2, 0.25) is 0 Å². The zero-order valence-corrected chi connectivity index (χ0v) is 12.5. The van der Waals surface area contributed by atoms with Crippen molar-refractivity contribution in [2.45, 2.75) is 25.7 Å². The summed E-state index contributed by atoms with van der Waals surface area (Å²) in [6, 6.07) is 3.89. The van der Waals surface area contributed by atoms with Gasteiger partial charge >= 0.3 is 0 Å². The summed E-state index contributed by atoms with van der Waals surface area (Å²) < 4.78 is 4.93. The summed E-state index contributed by atoms with van der Waals surface area (Å²) >= 11 is 0. The number of amides is 2. The Bertz CT molecular complexity index is 589. The standard InChI is InChI=1S/C16H19N3O3/c17-12-16(4-1-2-5-16)15(21)19-8-6-18(7-9-19)14(20)13-3-10-22-11-13/h3,10-11H,1-2,4-9H2. The Balaban J connectivity index is 1.61. The SMILES string of the molecule is N#CC1(C(=O)N2CCN(C(=O)c3ccoc3)CC2)CCCC1. The van der Waals surface area contributed by atoms with E-state index in [-0.39, 0.29) is 11.8 Å². The van der Waals surface area contributed by atoms with Gasteiger partial charge in [-0.3, -0.25) is 9.59 Å². The molecule has 1 aromatic rings. The van der Waals surface area contributed by atoms with E-state index in [0.717, 1.165) is 12.8 Å². The molecule has 6 nitrogen and oxygen atoms in total. The van der Waals surface area contributed by atoms with E-state index >= 15 is 0 Å². The van der Waals surface area contributed by atoms with Crippen LogP contribution in [-0.2, 0) is 4.79 Å². The van der Waals surface area contributed by atoms with Gasteiger partial charge in [-0.15, -0.1) is 0 Å². The maximum Gasteiger partial charge on any atom is 0.257 e. The summed E-state index contributed by atoms with van der Waals surface area (Å²) in [7, 11) is 0. The highest BCUT2D eigenvalue weighted by atomic mass is 16.3. The van der Waals surface area contributed by atoms with Crippen LogP contribution in [0.15, 0.2) is 23.0 Å². The smallest absolute Gasteiger partial charge is 0.257 e. The van der Waals surface area contributed by atoms with Crippen molar-refractivity contribution in [1.82, 2.24) is 9.80 Å². The van der Waals surface area contributed by atoms with Gasteiger partial charge in [0, 0.05) is 26.2 Å². The lowest BCUT2D eigenvalue weighted by Gasteiger charge is -2.37. The van der Waals surface area contributed by atoms with Crippen LogP contribution in [0, 0.1) is 16.7 Å². The minimum absolute atomic E-state index is 0.0529. The molecule has 2 fully saturated rings. The third-order valence-corrected chi connectivity index (χ3v) is 4.70. The Morgan fingerprint density at radius 1 is 1.14 bits per heavy atom. The molecule has 0 N–H and O–H groups in total. The predicted octanol–water partition coefficient (Wildman–Crippen LogP) is 1.65. The quantitative estimate of drug-likeness (QED) is 0.832. The summed E-state index contributed by atoms with van der Waals surface area (Å²) in [5, 5.41) is 9.41. The van der Waals surface area contributed by atoms with Crippen molar-refractivity contribution in [1.29, 1.82) is 5.26 Å². The molecule has 22 heavy (non-hydrogen) atoms. The van der Waals surface area contributed by atoms with Crippen LogP contribution in [0.4, 0.5) is 0 Å². The van der Waals surface area contributed by atoms with E-state index in [4.69, 9.17) is 4.42 Å². The van der Waals surface area contributed by atoms with Crippen molar-refractivity contribution in [3.63, 3.8) is 0 Å². The number of furan rings is 1. The van der Waals surface area contributed by atoms with Crippen molar-refractivity contribution in [2.75, 3.05) is 26.2 Å². The highest BCUT2D eigenvalue weighted by molar-refractivity contribution is 5.94. The summed E-state index contributed by atoms with van der Waals surface area (Å²) in [5.74, 6) is -0.125. The molecule has 0 atom stereocenters. The van der Waals surface area contributed by atoms with Gasteiger partial charge in [-0.25, -0.2) is 0 Å². The molecule has 0 bridgehead atoms. The van der Waals surface area contributed by atoms with Crippen molar-refractivity contribution < 1.29 is 14.0 Å². The second-order valence-electron chi connectivity index (χ2n) is 6.00. The van der Waals surface area contributed by atoms with E-state index in [9.17, 15) is 14.9 Å². The number of hydrogen-bond acceptors (Lipinski definition) is 4. The van der Waals surface area contributed by atoms with Gasteiger partial charge in [-0.1, -0.05) is 12.8 Å². The normalized spacial score (nSPS) is 20.7. The Kier molecular flexibility index (Phi) is 3.88. The molecule has 0 aromatic carbocycles. The van der Waals surface area contributed by atoms with Crippen LogP contribution in [0.1, 0.15) is 36.0 Å². The molecule has 1 saturated heterocycles. The number of nitriles is 1. The monoisotopic (exact) mass is 301 g/mol. The van der Waals surface area contributed by atoms with Gasteiger partial charge in [-0.2, -0.15) is 5.26 Å². The molecule has 2 heterocycles. The minimum atomic E-state index is -0.823. The molecule has 6 heteroatoms. The van der Waals surface area contributed by atoms with Gasteiger partial charge in [-0.05, 0) is 18.9 Å². The lowest BCUT2D eigenvalue weighted by atomic mass is 9.86. The first-order valence-corrected chi connectivity index (χ1v) is 7.68. The van der Waals surface area contributed by atoms with Gasteiger partial charge in [0.2, 0.25) is 5.91 Å². The summed E-state index contributed by atoms with van der Waals surface area (Å²) in [4.78, 5) is 28.3. The summed E-state index contributed by atoms with van der Waals surface area (Å²) in [6.07, 6.45) is 6.12. The highest BCUT2D eigenvalue weighted by Crippen LogP contribution is 2.39. The number of nitrogens with zero attached hydrogens (tertiary/aromatic N) is 3. The zero-order valence-electron chi connectivity index (χ0n) is 12.5. The highest BCUT2D eigenvalue weighted by Gasteiger charge is 2.44.